The number of benzene rings is 1. The molecule has 1 aromatic heterocycles. The average Bonchev–Trinajstić information content (AvgIpc) is 3.12. The SMILES string of the molecule is CC1(NC(=O)c2cc3cc(Cl)c4c(c3o2)C2(CCCCC2)NC(=O)N4)CCOCC1. The van der Waals surface area contributed by atoms with E-state index in [4.69, 9.17) is 20.8 Å². The van der Waals surface area contributed by atoms with E-state index in [2.05, 4.69) is 16.0 Å². The maximum absolute atomic E-state index is 13.0. The van der Waals surface area contributed by atoms with Gasteiger partial charge in [0, 0.05) is 29.7 Å². The molecular formula is C22H26ClN3O4. The van der Waals surface area contributed by atoms with Crippen molar-refractivity contribution in [1.82, 2.24) is 10.6 Å². The van der Waals surface area contributed by atoms with Crippen molar-refractivity contribution in [3.63, 3.8) is 0 Å². The number of amides is 3. The molecule has 0 atom stereocenters. The van der Waals surface area contributed by atoms with E-state index in [0.717, 1.165) is 55.9 Å². The third kappa shape index (κ3) is 3.24. The molecule has 3 amide bonds. The van der Waals surface area contributed by atoms with Gasteiger partial charge in [0.2, 0.25) is 0 Å². The number of rotatable bonds is 2. The molecule has 2 aliphatic heterocycles. The van der Waals surface area contributed by atoms with E-state index in [9.17, 15) is 9.59 Å². The van der Waals surface area contributed by atoms with Gasteiger partial charge in [-0.2, -0.15) is 0 Å². The Bertz CT molecular complexity index is 1020. The first-order valence-electron chi connectivity index (χ1n) is 10.7. The number of carbonyl (C=O) groups is 2. The van der Waals surface area contributed by atoms with Gasteiger partial charge in [0.05, 0.1) is 16.2 Å². The van der Waals surface area contributed by atoms with Gasteiger partial charge < -0.3 is 25.1 Å². The first kappa shape index (κ1) is 19.7. The van der Waals surface area contributed by atoms with Crippen molar-refractivity contribution in [2.24, 2.45) is 0 Å². The molecule has 3 aliphatic rings. The molecule has 0 radical (unpaired) electrons. The third-order valence-corrected chi connectivity index (χ3v) is 7.07. The van der Waals surface area contributed by atoms with Crippen LogP contribution in [-0.4, -0.2) is 30.7 Å². The van der Waals surface area contributed by atoms with Crippen LogP contribution in [0.4, 0.5) is 10.5 Å². The van der Waals surface area contributed by atoms with Gasteiger partial charge in [-0.3, -0.25) is 4.79 Å². The first-order chi connectivity index (χ1) is 14.4. The molecule has 30 heavy (non-hydrogen) atoms. The number of ether oxygens (including phenoxy) is 1. The standard InChI is InChI=1S/C22H26ClN3O4/c1-21(7-9-29-10-8-21)25-19(27)15-12-13-11-14(23)17-16(18(13)30-15)22(26-20(28)24-17)5-3-2-4-6-22/h11-12H,2-10H2,1H3,(H,25,27)(H2,24,26,28). The van der Waals surface area contributed by atoms with Crippen LogP contribution < -0.4 is 16.0 Å². The van der Waals surface area contributed by atoms with Crippen LogP contribution in [0.15, 0.2) is 16.5 Å². The van der Waals surface area contributed by atoms with Crippen molar-refractivity contribution < 1.29 is 18.7 Å². The van der Waals surface area contributed by atoms with Gasteiger partial charge in [0.15, 0.2) is 5.76 Å². The van der Waals surface area contributed by atoms with E-state index >= 15 is 0 Å². The van der Waals surface area contributed by atoms with Crippen molar-refractivity contribution in [2.75, 3.05) is 18.5 Å². The highest BCUT2D eigenvalue weighted by molar-refractivity contribution is 6.35. The van der Waals surface area contributed by atoms with Crippen molar-refractivity contribution in [2.45, 2.75) is 62.9 Å². The third-order valence-electron chi connectivity index (χ3n) is 6.77. The van der Waals surface area contributed by atoms with Crippen LogP contribution in [0.25, 0.3) is 11.0 Å². The van der Waals surface area contributed by atoms with Crippen molar-refractivity contribution in [1.29, 1.82) is 0 Å². The highest BCUT2D eigenvalue weighted by Crippen LogP contribution is 2.49. The number of nitrogens with one attached hydrogen (secondary N) is 3. The van der Waals surface area contributed by atoms with Crippen LogP contribution in [0.5, 0.6) is 0 Å². The lowest BCUT2D eigenvalue weighted by Gasteiger charge is -2.42. The highest BCUT2D eigenvalue weighted by Gasteiger charge is 2.44. The van der Waals surface area contributed by atoms with Crippen LogP contribution >= 0.6 is 11.6 Å². The van der Waals surface area contributed by atoms with Crippen LogP contribution in [0.2, 0.25) is 5.02 Å². The van der Waals surface area contributed by atoms with Gasteiger partial charge in [-0.05, 0) is 44.7 Å². The molecule has 0 unspecified atom stereocenters. The molecular weight excluding hydrogens is 406 g/mol. The number of urea groups is 1. The lowest BCUT2D eigenvalue weighted by atomic mass is 9.74. The van der Waals surface area contributed by atoms with E-state index in [1.807, 2.05) is 6.92 Å². The zero-order chi connectivity index (χ0) is 20.9. The highest BCUT2D eigenvalue weighted by atomic mass is 35.5. The molecule has 5 rings (SSSR count). The minimum atomic E-state index is -0.517. The van der Waals surface area contributed by atoms with Gasteiger partial charge >= 0.3 is 6.03 Å². The second-order valence-corrected chi connectivity index (χ2v) is 9.39. The Morgan fingerprint density at radius 3 is 2.60 bits per heavy atom. The normalized spacial score (nSPS) is 22.3. The van der Waals surface area contributed by atoms with Crippen LogP contribution in [0.3, 0.4) is 0 Å². The molecule has 1 aromatic carbocycles. The fourth-order valence-electron chi connectivity index (χ4n) is 5.08. The largest absolute Gasteiger partial charge is 0.450 e. The summed E-state index contributed by atoms with van der Waals surface area (Å²) < 4.78 is 11.6. The number of anilines is 1. The molecule has 2 fully saturated rings. The lowest BCUT2D eigenvalue weighted by molar-refractivity contribution is 0.0415. The smallest absolute Gasteiger partial charge is 0.319 e. The summed E-state index contributed by atoms with van der Waals surface area (Å²) in [7, 11) is 0. The van der Waals surface area contributed by atoms with Gasteiger partial charge in [-0.1, -0.05) is 30.9 Å². The Labute approximate surface area is 179 Å². The molecule has 3 N–H and O–H groups in total. The molecule has 0 bridgehead atoms. The summed E-state index contributed by atoms with van der Waals surface area (Å²) in [5, 5.41) is 10.3. The van der Waals surface area contributed by atoms with E-state index in [1.165, 1.54) is 0 Å². The molecule has 1 saturated carbocycles. The van der Waals surface area contributed by atoms with Gasteiger partial charge in [0.1, 0.15) is 5.58 Å². The zero-order valence-corrected chi connectivity index (χ0v) is 17.8. The summed E-state index contributed by atoms with van der Waals surface area (Å²) in [5.41, 5.74) is 1.24. The lowest BCUT2D eigenvalue weighted by Crippen LogP contribution is -2.52. The van der Waals surface area contributed by atoms with E-state index in [-0.39, 0.29) is 23.2 Å². The Kier molecular flexibility index (Phi) is 4.71. The quantitative estimate of drug-likeness (QED) is 0.643. The summed E-state index contributed by atoms with van der Waals surface area (Å²) in [6, 6.07) is 3.25. The molecule has 7 nitrogen and oxygen atoms in total. The Morgan fingerprint density at radius 2 is 1.87 bits per heavy atom. The maximum Gasteiger partial charge on any atom is 0.319 e. The average molecular weight is 432 g/mol. The topological polar surface area (TPSA) is 92.6 Å². The van der Waals surface area contributed by atoms with Crippen molar-refractivity contribution in [3.05, 3.63) is 28.5 Å². The number of hydrogen-bond donors (Lipinski definition) is 3. The van der Waals surface area contributed by atoms with Crippen LogP contribution in [-0.2, 0) is 10.3 Å². The van der Waals surface area contributed by atoms with Gasteiger partial charge in [-0.15, -0.1) is 0 Å². The first-order valence-corrected chi connectivity index (χ1v) is 11.0. The minimum absolute atomic E-state index is 0.244. The molecule has 160 valence electrons. The van der Waals surface area contributed by atoms with Gasteiger partial charge in [0.25, 0.3) is 5.91 Å². The molecule has 1 spiro atoms. The number of fused-ring (bicyclic) bond motifs is 4. The number of carbonyl (C=O) groups excluding carboxylic acids is 2. The van der Waals surface area contributed by atoms with Crippen molar-refractivity contribution >= 4 is 40.2 Å². The number of furan rings is 1. The van der Waals surface area contributed by atoms with Crippen LogP contribution in [0, 0.1) is 0 Å². The second-order valence-electron chi connectivity index (χ2n) is 8.99. The predicted molar refractivity (Wildman–Crippen MR) is 114 cm³/mol. The number of halogens is 1. The monoisotopic (exact) mass is 431 g/mol. The fraction of sp³-hybridized carbons (Fsp3) is 0.545. The number of hydrogen-bond acceptors (Lipinski definition) is 4. The Morgan fingerprint density at radius 1 is 1.13 bits per heavy atom. The van der Waals surface area contributed by atoms with Crippen LogP contribution in [0.1, 0.15) is 68.0 Å². The summed E-state index contributed by atoms with van der Waals surface area (Å²) in [4.78, 5) is 25.4. The molecule has 1 saturated heterocycles. The fourth-order valence-corrected chi connectivity index (χ4v) is 5.34. The minimum Gasteiger partial charge on any atom is -0.450 e. The summed E-state index contributed by atoms with van der Waals surface area (Å²) >= 11 is 6.56. The summed E-state index contributed by atoms with van der Waals surface area (Å²) in [5.74, 6) is 0.0102. The van der Waals surface area contributed by atoms with E-state index in [0.29, 0.717) is 29.5 Å². The summed E-state index contributed by atoms with van der Waals surface area (Å²) in [6.45, 7) is 3.30. The molecule has 8 heteroatoms. The maximum atomic E-state index is 13.0. The molecule has 1 aliphatic carbocycles. The van der Waals surface area contributed by atoms with Crippen molar-refractivity contribution in [3.8, 4) is 0 Å². The second kappa shape index (κ2) is 7.17. The molecule has 2 aromatic rings. The van der Waals surface area contributed by atoms with Gasteiger partial charge in [-0.25, -0.2) is 4.79 Å². The van der Waals surface area contributed by atoms with E-state index < -0.39 is 5.54 Å². The molecule has 3 heterocycles. The predicted octanol–water partition coefficient (Wildman–Crippen LogP) is 4.68. The zero-order valence-electron chi connectivity index (χ0n) is 17.0. The Hall–Kier alpha value is -2.25. The Balaban J connectivity index is 1.57. The van der Waals surface area contributed by atoms with E-state index in [1.54, 1.807) is 12.1 Å². The summed E-state index contributed by atoms with van der Waals surface area (Å²) in [6.07, 6.45) is 6.34.